The number of carboxylic acids is 1. The fraction of sp³-hybridized carbons (Fsp3) is 0.636. The lowest BCUT2D eigenvalue weighted by molar-refractivity contribution is -0.136. The summed E-state index contributed by atoms with van der Waals surface area (Å²) in [5, 5.41) is 11.4. The van der Waals surface area contributed by atoms with Crippen LogP contribution in [0.3, 0.4) is 0 Å². The number of nitrogens with one attached hydrogen (secondary N) is 1. The summed E-state index contributed by atoms with van der Waals surface area (Å²) >= 11 is 0. The van der Waals surface area contributed by atoms with Crippen LogP contribution in [0.5, 0.6) is 0 Å². The number of carbonyl (C=O) groups excluding carboxylic acids is 1. The number of carboxylic acid groups (broad SMARTS) is 1. The third kappa shape index (κ3) is 3.65. The zero-order valence-electron chi connectivity index (χ0n) is 10.4. The molecule has 0 saturated carbocycles. The van der Waals surface area contributed by atoms with E-state index in [4.69, 9.17) is 14.6 Å². The van der Waals surface area contributed by atoms with Crippen molar-refractivity contribution in [2.24, 2.45) is 0 Å². The molecule has 1 amide bonds. The smallest absolute Gasteiger partial charge is 0.408 e. The number of carbonyl (C=O) groups is 2. The van der Waals surface area contributed by atoms with Crippen LogP contribution in [-0.2, 0) is 14.3 Å². The van der Waals surface area contributed by atoms with Crippen LogP contribution in [0.4, 0.5) is 4.79 Å². The summed E-state index contributed by atoms with van der Waals surface area (Å²) in [6.45, 7) is 6.99. The number of hydrogen-bond acceptors (Lipinski definition) is 4. The van der Waals surface area contributed by atoms with Gasteiger partial charge in [0.1, 0.15) is 12.2 Å². The summed E-state index contributed by atoms with van der Waals surface area (Å²) < 4.78 is 10.0. The van der Waals surface area contributed by atoms with Crippen LogP contribution in [0.25, 0.3) is 0 Å². The van der Waals surface area contributed by atoms with Gasteiger partial charge in [-0.3, -0.25) is 0 Å². The minimum absolute atomic E-state index is 0.106. The second-order valence-electron chi connectivity index (χ2n) is 4.83. The fourth-order valence-electron chi connectivity index (χ4n) is 1.39. The highest BCUT2D eigenvalue weighted by Gasteiger charge is 2.30. The van der Waals surface area contributed by atoms with E-state index in [1.165, 1.54) is 0 Å². The molecule has 0 saturated heterocycles. The first-order valence-electron chi connectivity index (χ1n) is 5.27. The third-order valence-electron chi connectivity index (χ3n) is 2.16. The van der Waals surface area contributed by atoms with Gasteiger partial charge in [-0.05, 0) is 27.7 Å². The summed E-state index contributed by atoms with van der Waals surface area (Å²) in [6.07, 6.45) is -0.586. The van der Waals surface area contributed by atoms with E-state index in [0.29, 0.717) is 5.57 Å². The molecule has 0 aliphatic carbocycles. The maximum atomic E-state index is 11.5. The molecule has 1 heterocycles. The van der Waals surface area contributed by atoms with E-state index in [9.17, 15) is 9.59 Å². The van der Waals surface area contributed by atoms with Crippen molar-refractivity contribution >= 4 is 12.1 Å². The molecule has 1 rings (SSSR count). The second-order valence-corrected chi connectivity index (χ2v) is 4.83. The van der Waals surface area contributed by atoms with Crippen molar-refractivity contribution in [1.29, 1.82) is 0 Å². The Morgan fingerprint density at radius 2 is 2.06 bits per heavy atom. The van der Waals surface area contributed by atoms with Crippen LogP contribution in [-0.4, -0.2) is 35.4 Å². The molecule has 17 heavy (non-hydrogen) atoms. The molecule has 0 aromatic carbocycles. The Kier molecular flexibility index (Phi) is 3.65. The van der Waals surface area contributed by atoms with E-state index in [1.807, 2.05) is 0 Å². The first-order chi connectivity index (χ1) is 7.70. The van der Waals surface area contributed by atoms with E-state index in [0.717, 1.165) is 0 Å². The van der Waals surface area contributed by atoms with Crippen molar-refractivity contribution < 1.29 is 24.2 Å². The summed E-state index contributed by atoms with van der Waals surface area (Å²) in [6, 6.07) is -0.448. The molecule has 0 radical (unpaired) electrons. The van der Waals surface area contributed by atoms with Gasteiger partial charge in [0.2, 0.25) is 5.76 Å². The summed E-state index contributed by atoms with van der Waals surface area (Å²) in [4.78, 5) is 22.2. The van der Waals surface area contributed by atoms with Crippen LogP contribution in [0.15, 0.2) is 11.3 Å². The molecule has 1 atom stereocenters. The first kappa shape index (κ1) is 13.3. The molecule has 0 aromatic rings. The molecule has 0 spiro atoms. The van der Waals surface area contributed by atoms with Crippen molar-refractivity contribution in [2.75, 3.05) is 6.61 Å². The number of rotatable bonds is 2. The SMILES string of the molecule is CC1=C(C(=O)O)OCC1NC(=O)OC(C)(C)C. The first-order valence-corrected chi connectivity index (χ1v) is 5.27. The van der Waals surface area contributed by atoms with Crippen LogP contribution >= 0.6 is 0 Å². The lowest BCUT2D eigenvalue weighted by atomic mass is 10.1. The molecular formula is C11H17NO5. The maximum absolute atomic E-state index is 11.5. The fourth-order valence-corrected chi connectivity index (χ4v) is 1.39. The Hall–Kier alpha value is -1.72. The third-order valence-corrected chi connectivity index (χ3v) is 2.16. The number of hydrogen-bond donors (Lipinski definition) is 2. The molecule has 1 unspecified atom stereocenters. The Labute approximate surface area is 99.6 Å². The lowest BCUT2D eigenvalue weighted by Gasteiger charge is -2.21. The highest BCUT2D eigenvalue weighted by molar-refractivity contribution is 5.86. The van der Waals surface area contributed by atoms with Gasteiger partial charge in [-0.1, -0.05) is 0 Å². The summed E-state index contributed by atoms with van der Waals surface area (Å²) in [7, 11) is 0. The number of alkyl carbamates (subject to hydrolysis) is 1. The molecule has 6 nitrogen and oxygen atoms in total. The average Bonchev–Trinajstić information content (AvgIpc) is 2.44. The van der Waals surface area contributed by atoms with E-state index < -0.39 is 23.7 Å². The number of amides is 1. The molecule has 2 N–H and O–H groups in total. The molecule has 0 bridgehead atoms. The normalized spacial score (nSPS) is 19.9. The largest absolute Gasteiger partial charge is 0.484 e. The molecule has 96 valence electrons. The Bertz CT molecular complexity index is 367. The minimum atomic E-state index is -1.13. The average molecular weight is 243 g/mol. The molecule has 6 heteroatoms. The Balaban J connectivity index is 2.61. The van der Waals surface area contributed by atoms with Gasteiger partial charge in [0.05, 0.1) is 6.04 Å². The molecular weight excluding hydrogens is 226 g/mol. The molecule has 0 fully saturated rings. The van der Waals surface area contributed by atoms with Crippen LogP contribution < -0.4 is 5.32 Å². The summed E-state index contributed by atoms with van der Waals surface area (Å²) in [5.74, 6) is -1.23. The molecule has 1 aliphatic heterocycles. The second kappa shape index (κ2) is 4.65. The van der Waals surface area contributed by atoms with Crippen molar-refractivity contribution in [1.82, 2.24) is 5.32 Å². The van der Waals surface area contributed by atoms with Crippen LogP contribution in [0, 0.1) is 0 Å². The van der Waals surface area contributed by atoms with Gasteiger partial charge < -0.3 is 19.9 Å². The van der Waals surface area contributed by atoms with Crippen LogP contribution in [0.2, 0.25) is 0 Å². The predicted molar refractivity (Wildman–Crippen MR) is 59.4 cm³/mol. The predicted octanol–water partition coefficient (Wildman–Crippen LogP) is 1.27. The van der Waals surface area contributed by atoms with Gasteiger partial charge in [0, 0.05) is 5.57 Å². The monoisotopic (exact) mass is 243 g/mol. The summed E-state index contributed by atoms with van der Waals surface area (Å²) in [5.41, 5.74) is -0.0973. The lowest BCUT2D eigenvalue weighted by Crippen LogP contribution is -2.40. The minimum Gasteiger partial charge on any atom is -0.484 e. The van der Waals surface area contributed by atoms with E-state index in [-0.39, 0.29) is 12.4 Å². The number of ether oxygens (including phenoxy) is 2. The highest BCUT2D eigenvalue weighted by Crippen LogP contribution is 2.19. The van der Waals surface area contributed by atoms with Crippen molar-refractivity contribution in [2.45, 2.75) is 39.3 Å². The highest BCUT2D eigenvalue weighted by atomic mass is 16.6. The Morgan fingerprint density at radius 1 is 1.47 bits per heavy atom. The van der Waals surface area contributed by atoms with Gasteiger partial charge in [-0.2, -0.15) is 0 Å². The quantitative estimate of drug-likeness (QED) is 0.762. The Morgan fingerprint density at radius 3 is 2.47 bits per heavy atom. The van der Waals surface area contributed by atoms with Gasteiger partial charge in [0.15, 0.2) is 0 Å². The van der Waals surface area contributed by atoms with Gasteiger partial charge >= 0.3 is 12.1 Å². The van der Waals surface area contributed by atoms with Crippen LogP contribution in [0.1, 0.15) is 27.7 Å². The van der Waals surface area contributed by atoms with E-state index >= 15 is 0 Å². The van der Waals surface area contributed by atoms with Gasteiger partial charge in [-0.15, -0.1) is 0 Å². The van der Waals surface area contributed by atoms with Crippen molar-refractivity contribution in [3.63, 3.8) is 0 Å². The topological polar surface area (TPSA) is 84.9 Å². The van der Waals surface area contributed by atoms with E-state index in [2.05, 4.69) is 5.32 Å². The molecule has 0 aromatic heterocycles. The zero-order chi connectivity index (χ0) is 13.2. The van der Waals surface area contributed by atoms with Gasteiger partial charge in [-0.25, -0.2) is 9.59 Å². The standard InChI is InChI=1S/C11H17NO5/c1-6-7(5-16-8(6)9(13)14)12-10(15)17-11(2,3)4/h7H,5H2,1-4H3,(H,12,15)(H,13,14). The zero-order valence-corrected chi connectivity index (χ0v) is 10.4. The van der Waals surface area contributed by atoms with E-state index in [1.54, 1.807) is 27.7 Å². The maximum Gasteiger partial charge on any atom is 0.408 e. The van der Waals surface area contributed by atoms with Crippen molar-refractivity contribution in [3.8, 4) is 0 Å². The van der Waals surface area contributed by atoms with Crippen molar-refractivity contribution in [3.05, 3.63) is 11.3 Å². The number of aliphatic carboxylic acids is 1. The molecule has 1 aliphatic rings. The van der Waals surface area contributed by atoms with Gasteiger partial charge in [0.25, 0.3) is 0 Å².